The Balaban J connectivity index is 1.88. The quantitative estimate of drug-likeness (QED) is 0.408. The second-order valence-corrected chi connectivity index (χ2v) is 8.69. The number of rotatable bonds is 10. The van der Waals surface area contributed by atoms with Crippen LogP contribution in [0.2, 0.25) is 0 Å². The van der Waals surface area contributed by atoms with E-state index in [4.69, 9.17) is 4.74 Å². The monoisotopic (exact) mass is 526 g/mol. The highest BCUT2D eigenvalue weighted by Gasteiger charge is 2.30. The average molecular weight is 527 g/mol. The van der Waals surface area contributed by atoms with Crippen molar-refractivity contribution in [2.75, 3.05) is 13.7 Å². The van der Waals surface area contributed by atoms with Crippen molar-refractivity contribution in [1.29, 1.82) is 0 Å². The summed E-state index contributed by atoms with van der Waals surface area (Å²) in [5.41, 5.74) is 2.35. The molecule has 7 heteroatoms. The molecule has 0 aromatic heterocycles. The number of carbonyl (C=O) groups excluding carboxylic acids is 2. The first kappa shape index (κ1) is 25.4. The number of benzene rings is 3. The summed E-state index contributed by atoms with van der Waals surface area (Å²) >= 11 is 3.48. The van der Waals surface area contributed by atoms with Crippen molar-refractivity contribution >= 4 is 27.7 Å². The third-order valence-corrected chi connectivity index (χ3v) is 6.19. The first-order chi connectivity index (χ1) is 16.4. The molecule has 0 aliphatic carbocycles. The average Bonchev–Trinajstić information content (AvgIpc) is 2.86. The van der Waals surface area contributed by atoms with Gasteiger partial charge < -0.3 is 15.0 Å². The maximum absolute atomic E-state index is 14.5. The van der Waals surface area contributed by atoms with Crippen molar-refractivity contribution in [3.05, 3.63) is 99.8 Å². The summed E-state index contributed by atoms with van der Waals surface area (Å²) in [4.78, 5) is 27.7. The van der Waals surface area contributed by atoms with Gasteiger partial charge in [0.2, 0.25) is 5.91 Å². The van der Waals surface area contributed by atoms with Crippen LogP contribution < -0.4 is 10.1 Å². The van der Waals surface area contributed by atoms with E-state index in [9.17, 15) is 14.0 Å². The molecule has 0 spiro atoms. The number of ether oxygens (including phenoxy) is 1. The van der Waals surface area contributed by atoms with Gasteiger partial charge in [-0.15, -0.1) is 0 Å². The maximum Gasteiger partial charge on any atom is 0.261 e. The summed E-state index contributed by atoms with van der Waals surface area (Å²) in [6, 6.07) is 20.5. The molecular weight excluding hydrogens is 499 g/mol. The van der Waals surface area contributed by atoms with Crippen LogP contribution in [0.4, 0.5) is 4.39 Å². The highest BCUT2D eigenvalue weighted by Crippen LogP contribution is 2.26. The van der Waals surface area contributed by atoms with E-state index in [1.807, 2.05) is 42.5 Å². The van der Waals surface area contributed by atoms with Crippen molar-refractivity contribution in [3.8, 4) is 5.75 Å². The molecule has 1 unspecified atom stereocenters. The van der Waals surface area contributed by atoms with Gasteiger partial charge in [0.15, 0.2) is 6.61 Å². The van der Waals surface area contributed by atoms with E-state index in [2.05, 4.69) is 28.2 Å². The van der Waals surface area contributed by atoms with Gasteiger partial charge in [0.05, 0.1) is 4.47 Å². The molecule has 2 amide bonds. The van der Waals surface area contributed by atoms with Gasteiger partial charge >= 0.3 is 0 Å². The lowest BCUT2D eigenvalue weighted by Crippen LogP contribution is -2.51. The van der Waals surface area contributed by atoms with E-state index in [-0.39, 0.29) is 25.5 Å². The van der Waals surface area contributed by atoms with Gasteiger partial charge in [-0.1, -0.05) is 61.5 Å². The lowest BCUT2D eigenvalue weighted by Gasteiger charge is -2.31. The molecule has 34 heavy (non-hydrogen) atoms. The van der Waals surface area contributed by atoms with E-state index in [1.54, 1.807) is 24.3 Å². The standard InChI is InChI=1S/C27H28BrFN2O3/c1-3-19-13-14-25(22(28)15-19)34-18-26(32)31(17-21-11-7-8-12-23(21)29)24(27(33)30-2)16-20-9-5-4-6-10-20/h4-15,24H,3,16-18H2,1-2H3,(H,30,33). The van der Waals surface area contributed by atoms with Crippen LogP contribution in [0.1, 0.15) is 23.6 Å². The lowest BCUT2D eigenvalue weighted by atomic mass is 10.0. The number of nitrogens with zero attached hydrogens (tertiary/aromatic N) is 1. The van der Waals surface area contributed by atoms with E-state index >= 15 is 0 Å². The zero-order valence-electron chi connectivity index (χ0n) is 19.3. The Labute approximate surface area is 208 Å². The largest absolute Gasteiger partial charge is 0.483 e. The molecule has 0 bridgehead atoms. The summed E-state index contributed by atoms with van der Waals surface area (Å²) < 4.78 is 21.0. The van der Waals surface area contributed by atoms with Crippen molar-refractivity contribution in [3.63, 3.8) is 0 Å². The van der Waals surface area contributed by atoms with E-state index < -0.39 is 17.8 Å². The summed E-state index contributed by atoms with van der Waals surface area (Å²) in [6.07, 6.45) is 1.16. The molecule has 0 radical (unpaired) electrons. The number of likely N-dealkylation sites (N-methyl/N-ethyl adjacent to an activating group) is 1. The third kappa shape index (κ3) is 6.67. The first-order valence-electron chi connectivity index (χ1n) is 11.1. The van der Waals surface area contributed by atoms with Crippen LogP contribution in [-0.4, -0.2) is 36.4 Å². The Morgan fingerprint density at radius 2 is 1.74 bits per heavy atom. The highest BCUT2D eigenvalue weighted by atomic mass is 79.9. The molecule has 5 nitrogen and oxygen atoms in total. The molecule has 0 saturated heterocycles. The second-order valence-electron chi connectivity index (χ2n) is 7.84. The van der Waals surface area contributed by atoms with Crippen LogP contribution >= 0.6 is 15.9 Å². The summed E-state index contributed by atoms with van der Waals surface area (Å²) in [5, 5.41) is 2.64. The summed E-state index contributed by atoms with van der Waals surface area (Å²) in [6.45, 7) is 1.70. The van der Waals surface area contributed by atoms with Crippen LogP contribution in [-0.2, 0) is 29.0 Å². The fraction of sp³-hybridized carbons (Fsp3) is 0.259. The molecule has 0 heterocycles. The molecule has 3 rings (SSSR count). The van der Waals surface area contributed by atoms with Crippen molar-refractivity contribution in [2.24, 2.45) is 0 Å². The summed E-state index contributed by atoms with van der Waals surface area (Å²) in [7, 11) is 1.52. The fourth-order valence-corrected chi connectivity index (χ4v) is 4.18. The van der Waals surface area contributed by atoms with Gasteiger partial charge in [0.25, 0.3) is 5.91 Å². The maximum atomic E-state index is 14.5. The van der Waals surface area contributed by atoms with Crippen LogP contribution in [0.3, 0.4) is 0 Å². The van der Waals surface area contributed by atoms with Crippen LogP contribution in [0.5, 0.6) is 5.75 Å². The zero-order chi connectivity index (χ0) is 24.5. The second kappa shape index (κ2) is 12.3. The number of hydrogen-bond acceptors (Lipinski definition) is 3. The van der Waals surface area contributed by atoms with Gasteiger partial charge in [-0.05, 0) is 51.7 Å². The van der Waals surface area contributed by atoms with Crippen LogP contribution in [0.15, 0.2) is 77.3 Å². The molecule has 0 aliphatic rings. The minimum Gasteiger partial charge on any atom is -0.483 e. The fourth-order valence-electron chi connectivity index (χ4n) is 3.63. The number of hydrogen-bond donors (Lipinski definition) is 1. The number of nitrogens with one attached hydrogen (secondary N) is 1. The number of halogens is 2. The predicted molar refractivity (Wildman–Crippen MR) is 134 cm³/mol. The number of aryl methyl sites for hydroxylation is 1. The van der Waals surface area contributed by atoms with Crippen molar-refractivity contribution in [1.82, 2.24) is 10.2 Å². The minimum absolute atomic E-state index is 0.0598. The topological polar surface area (TPSA) is 58.6 Å². The first-order valence-corrected chi connectivity index (χ1v) is 11.9. The Morgan fingerprint density at radius 3 is 2.38 bits per heavy atom. The molecule has 1 N–H and O–H groups in total. The van der Waals surface area contributed by atoms with E-state index in [0.29, 0.717) is 11.3 Å². The zero-order valence-corrected chi connectivity index (χ0v) is 20.8. The Bertz CT molecular complexity index is 1120. The normalized spacial score (nSPS) is 11.5. The Hall–Kier alpha value is -3.19. The molecule has 0 saturated carbocycles. The third-order valence-electron chi connectivity index (χ3n) is 5.57. The Kier molecular flexibility index (Phi) is 9.22. The van der Waals surface area contributed by atoms with Crippen molar-refractivity contribution in [2.45, 2.75) is 32.4 Å². The van der Waals surface area contributed by atoms with Crippen molar-refractivity contribution < 1.29 is 18.7 Å². The number of carbonyl (C=O) groups is 2. The van der Waals surface area contributed by atoms with E-state index in [0.717, 1.165) is 22.0 Å². The molecule has 0 fully saturated rings. The van der Waals surface area contributed by atoms with Gasteiger partial charge in [-0.25, -0.2) is 4.39 Å². The molecule has 3 aromatic rings. The SMILES string of the molecule is CCc1ccc(OCC(=O)N(Cc2ccccc2F)C(Cc2ccccc2)C(=O)NC)c(Br)c1. The minimum atomic E-state index is -0.839. The molecular formula is C27H28BrFN2O3. The molecule has 3 aromatic carbocycles. The highest BCUT2D eigenvalue weighted by molar-refractivity contribution is 9.10. The Morgan fingerprint density at radius 1 is 1.03 bits per heavy atom. The van der Waals surface area contributed by atoms with Gasteiger partial charge in [0.1, 0.15) is 17.6 Å². The molecule has 178 valence electrons. The van der Waals surface area contributed by atoms with Gasteiger partial charge in [-0.3, -0.25) is 9.59 Å². The molecule has 0 aliphatic heterocycles. The van der Waals surface area contributed by atoms with Gasteiger partial charge in [0, 0.05) is 25.6 Å². The van der Waals surface area contributed by atoms with E-state index in [1.165, 1.54) is 18.0 Å². The predicted octanol–water partition coefficient (Wildman–Crippen LogP) is 4.92. The van der Waals surface area contributed by atoms with Crippen LogP contribution in [0, 0.1) is 5.82 Å². The lowest BCUT2D eigenvalue weighted by molar-refractivity contribution is -0.142. The summed E-state index contributed by atoms with van der Waals surface area (Å²) in [5.74, 6) is -0.660. The van der Waals surface area contributed by atoms with Gasteiger partial charge in [-0.2, -0.15) is 0 Å². The smallest absolute Gasteiger partial charge is 0.261 e. The number of amides is 2. The van der Waals surface area contributed by atoms with Crippen LogP contribution in [0.25, 0.3) is 0 Å². The molecule has 1 atom stereocenters.